The summed E-state index contributed by atoms with van der Waals surface area (Å²) in [4.78, 5) is 12.3. The smallest absolute Gasteiger partial charge is 0.195 e. The maximum atomic E-state index is 12.3. The molecule has 0 aromatic heterocycles. The van der Waals surface area contributed by atoms with Crippen molar-refractivity contribution in [3.63, 3.8) is 0 Å². The summed E-state index contributed by atoms with van der Waals surface area (Å²) in [5, 5.41) is 0. The minimum absolute atomic E-state index is 0.122. The Labute approximate surface area is 111 Å². The van der Waals surface area contributed by atoms with E-state index >= 15 is 0 Å². The minimum atomic E-state index is -0.122. The van der Waals surface area contributed by atoms with Crippen molar-refractivity contribution >= 4 is 11.5 Å². The van der Waals surface area contributed by atoms with Gasteiger partial charge in [0.05, 0.1) is 14.2 Å². The highest BCUT2D eigenvalue weighted by atomic mass is 16.5. The van der Waals surface area contributed by atoms with Gasteiger partial charge in [0.1, 0.15) is 11.5 Å². The Morgan fingerprint density at radius 2 is 1.53 bits per heavy atom. The Balaban J connectivity index is 2.32. The number of carbonyl (C=O) groups is 1. The molecule has 0 amide bonds. The van der Waals surface area contributed by atoms with Crippen molar-refractivity contribution < 1.29 is 14.3 Å². The predicted molar refractivity (Wildman–Crippen MR) is 73.8 cm³/mol. The first-order valence-corrected chi connectivity index (χ1v) is 5.78. The van der Waals surface area contributed by atoms with Crippen molar-refractivity contribution in [2.45, 2.75) is 0 Å². The molecule has 0 unspecified atom stereocenters. The van der Waals surface area contributed by atoms with Crippen molar-refractivity contribution in [1.82, 2.24) is 0 Å². The maximum Gasteiger partial charge on any atom is 0.195 e. The molecule has 0 fully saturated rings. The van der Waals surface area contributed by atoms with Crippen LogP contribution >= 0.6 is 0 Å². The van der Waals surface area contributed by atoms with Crippen LogP contribution in [0.5, 0.6) is 11.5 Å². The summed E-state index contributed by atoms with van der Waals surface area (Å²) in [5.74, 6) is 1.21. The van der Waals surface area contributed by atoms with Gasteiger partial charge in [0, 0.05) is 22.9 Å². The lowest BCUT2D eigenvalue weighted by molar-refractivity contribution is 0.103. The fourth-order valence-corrected chi connectivity index (χ4v) is 1.77. The average Bonchev–Trinajstić information content (AvgIpc) is 2.46. The number of rotatable bonds is 4. The van der Waals surface area contributed by atoms with Gasteiger partial charge in [-0.3, -0.25) is 4.79 Å². The Kier molecular flexibility index (Phi) is 3.71. The Morgan fingerprint density at radius 1 is 0.947 bits per heavy atom. The van der Waals surface area contributed by atoms with E-state index in [9.17, 15) is 4.79 Å². The third kappa shape index (κ3) is 2.68. The van der Waals surface area contributed by atoms with Crippen LogP contribution in [0, 0.1) is 0 Å². The highest BCUT2D eigenvalue weighted by Gasteiger charge is 2.13. The Hall–Kier alpha value is -2.49. The summed E-state index contributed by atoms with van der Waals surface area (Å²) in [7, 11) is 3.14. The summed E-state index contributed by atoms with van der Waals surface area (Å²) in [6.45, 7) is 0. The van der Waals surface area contributed by atoms with Crippen molar-refractivity contribution in [3.05, 3.63) is 53.6 Å². The molecule has 0 aliphatic rings. The zero-order chi connectivity index (χ0) is 13.8. The second kappa shape index (κ2) is 5.44. The van der Waals surface area contributed by atoms with Crippen molar-refractivity contribution in [2.75, 3.05) is 20.0 Å². The van der Waals surface area contributed by atoms with E-state index in [2.05, 4.69) is 0 Å². The molecule has 2 N–H and O–H groups in total. The third-order valence-corrected chi connectivity index (χ3v) is 2.86. The van der Waals surface area contributed by atoms with Crippen LogP contribution in [-0.4, -0.2) is 20.0 Å². The van der Waals surface area contributed by atoms with Gasteiger partial charge >= 0.3 is 0 Å². The zero-order valence-corrected chi connectivity index (χ0v) is 10.8. The van der Waals surface area contributed by atoms with Crippen LogP contribution in [0.25, 0.3) is 0 Å². The third-order valence-electron chi connectivity index (χ3n) is 2.86. The number of methoxy groups -OCH3 is 2. The van der Waals surface area contributed by atoms with Gasteiger partial charge in [-0.1, -0.05) is 0 Å². The largest absolute Gasteiger partial charge is 0.497 e. The molecule has 0 spiro atoms. The van der Waals surface area contributed by atoms with Crippen LogP contribution in [0.1, 0.15) is 15.9 Å². The van der Waals surface area contributed by atoms with Gasteiger partial charge < -0.3 is 15.2 Å². The van der Waals surface area contributed by atoms with E-state index in [0.717, 1.165) is 0 Å². The first-order valence-electron chi connectivity index (χ1n) is 5.78. The van der Waals surface area contributed by atoms with E-state index in [1.165, 1.54) is 0 Å². The molecular weight excluding hydrogens is 242 g/mol. The standard InChI is InChI=1S/C15H15NO3/c1-18-11-5-3-10(4-6-11)15(17)13-8-7-12(19-2)9-14(13)16/h3-9H,16H2,1-2H3. The van der Waals surface area contributed by atoms with Gasteiger partial charge in [0.15, 0.2) is 5.78 Å². The van der Waals surface area contributed by atoms with Crippen molar-refractivity contribution in [2.24, 2.45) is 0 Å². The molecule has 0 aliphatic heterocycles. The van der Waals surface area contributed by atoms with Gasteiger partial charge in [-0.05, 0) is 36.4 Å². The Morgan fingerprint density at radius 3 is 2.05 bits per heavy atom. The number of benzene rings is 2. The van der Waals surface area contributed by atoms with Gasteiger partial charge in [-0.15, -0.1) is 0 Å². The van der Waals surface area contributed by atoms with E-state index in [0.29, 0.717) is 28.3 Å². The molecule has 2 aromatic carbocycles. The molecule has 2 aromatic rings. The molecular formula is C15H15NO3. The quantitative estimate of drug-likeness (QED) is 0.675. The number of hydrogen-bond acceptors (Lipinski definition) is 4. The molecule has 19 heavy (non-hydrogen) atoms. The number of ketones is 1. The van der Waals surface area contributed by atoms with Crippen LogP contribution in [0.2, 0.25) is 0 Å². The number of ether oxygens (including phenoxy) is 2. The fraction of sp³-hybridized carbons (Fsp3) is 0.133. The second-order valence-electron chi connectivity index (χ2n) is 4.01. The highest BCUT2D eigenvalue weighted by molar-refractivity contribution is 6.12. The monoisotopic (exact) mass is 257 g/mol. The van der Waals surface area contributed by atoms with Crippen LogP contribution in [-0.2, 0) is 0 Å². The summed E-state index contributed by atoms with van der Waals surface area (Å²) < 4.78 is 10.1. The second-order valence-corrected chi connectivity index (χ2v) is 4.01. The predicted octanol–water partition coefficient (Wildman–Crippen LogP) is 2.52. The van der Waals surface area contributed by atoms with Crippen LogP contribution in [0.15, 0.2) is 42.5 Å². The van der Waals surface area contributed by atoms with E-state index in [4.69, 9.17) is 15.2 Å². The molecule has 0 heterocycles. The molecule has 4 nitrogen and oxygen atoms in total. The molecule has 0 saturated heterocycles. The first-order chi connectivity index (χ1) is 9.15. The molecule has 0 aliphatic carbocycles. The van der Waals surface area contributed by atoms with Crippen molar-refractivity contribution in [1.29, 1.82) is 0 Å². The van der Waals surface area contributed by atoms with Gasteiger partial charge in [0.25, 0.3) is 0 Å². The van der Waals surface area contributed by atoms with Crippen LogP contribution in [0.3, 0.4) is 0 Å². The van der Waals surface area contributed by atoms with Gasteiger partial charge in [-0.2, -0.15) is 0 Å². The zero-order valence-electron chi connectivity index (χ0n) is 10.8. The number of carbonyl (C=O) groups excluding carboxylic acids is 1. The van der Waals surface area contributed by atoms with E-state index < -0.39 is 0 Å². The summed E-state index contributed by atoms with van der Waals surface area (Å²) in [6.07, 6.45) is 0. The molecule has 0 saturated carbocycles. The van der Waals surface area contributed by atoms with Gasteiger partial charge in [0.2, 0.25) is 0 Å². The first kappa shape index (κ1) is 13.0. The summed E-state index contributed by atoms with van der Waals surface area (Å²) >= 11 is 0. The van der Waals surface area contributed by atoms with Crippen LogP contribution < -0.4 is 15.2 Å². The lowest BCUT2D eigenvalue weighted by Gasteiger charge is -2.07. The molecule has 2 rings (SSSR count). The highest BCUT2D eigenvalue weighted by Crippen LogP contribution is 2.23. The SMILES string of the molecule is COc1ccc(C(=O)c2ccc(OC)cc2N)cc1. The van der Waals surface area contributed by atoms with E-state index in [1.54, 1.807) is 56.7 Å². The molecule has 0 radical (unpaired) electrons. The van der Waals surface area contributed by atoms with Crippen molar-refractivity contribution in [3.8, 4) is 11.5 Å². The molecule has 0 bridgehead atoms. The topological polar surface area (TPSA) is 61.5 Å². The molecule has 98 valence electrons. The number of nitrogen functional groups attached to an aromatic ring is 1. The molecule has 0 atom stereocenters. The number of anilines is 1. The van der Waals surface area contributed by atoms with Crippen LogP contribution in [0.4, 0.5) is 5.69 Å². The molecule has 4 heteroatoms. The number of nitrogens with two attached hydrogens (primary N) is 1. The average molecular weight is 257 g/mol. The lowest BCUT2D eigenvalue weighted by Crippen LogP contribution is -2.05. The summed E-state index contributed by atoms with van der Waals surface area (Å²) in [5.41, 5.74) is 7.30. The lowest BCUT2D eigenvalue weighted by atomic mass is 10.0. The van der Waals surface area contributed by atoms with E-state index in [-0.39, 0.29) is 5.78 Å². The Bertz CT molecular complexity index is 591. The van der Waals surface area contributed by atoms with Gasteiger partial charge in [-0.25, -0.2) is 0 Å². The fourth-order valence-electron chi connectivity index (χ4n) is 1.77. The minimum Gasteiger partial charge on any atom is -0.497 e. The maximum absolute atomic E-state index is 12.3. The normalized spacial score (nSPS) is 10.0. The number of hydrogen-bond donors (Lipinski definition) is 1. The summed E-state index contributed by atoms with van der Waals surface area (Å²) in [6, 6.07) is 11.9. The van der Waals surface area contributed by atoms with E-state index in [1.807, 2.05) is 0 Å².